The molecule has 0 atom stereocenters. The highest BCUT2D eigenvalue weighted by Crippen LogP contribution is 2.35. The fourth-order valence-corrected chi connectivity index (χ4v) is 2.49. The summed E-state index contributed by atoms with van der Waals surface area (Å²) in [5, 5.41) is 8.64. The van der Waals surface area contributed by atoms with E-state index in [-0.39, 0.29) is 6.54 Å². The van der Waals surface area contributed by atoms with E-state index >= 15 is 0 Å². The van der Waals surface area contributed by atoms with E-state index < -0.39 is 17.7 Å². The highest BCUT2D eigenvalue weighted by atomic mass is 32.2. The van der Waals surface area contributed by atoms with E-state index in [9.17, 15) is 14.0 Å². The molecule has 1 aliphatic rings. The molecular formula is C10H8FNO3S. The monoisotopic (exact) mass is 241 g/mol. The third kappa shape index (κ3) is 1.88. The third-order valence-electron chi connectivity index (χ3n) is 2.21. The number of carboxylic acid groups (broad SMARTS) is 1. The first-order valence-electron chi connectivity index (χ1n) is 4.57. The fraction of sp³-hybridized carbons (Fsp3) is 0.200. The van der Waals surface area contributed by atoms with Crippen molar-refractivity contribution in [2.45, 2.75) is 4.90 Å². The molecule has 0 unspecified atom stereocenters. The van der Waals surface area contributed by atoms with Gasteiger partial charge in [0.1, 0.15) is 5.82 Å². The Morgan fingerprint density at radius 1 is 1.44 bits per heavy atom. The number of thioether (sulfide) groups is 1. The summed E-state index contributed by atoms with van der Waals surface area (Å²) in [5.41, 5.74) is 0.337. The van der Waals surface area contributed by atoms with Crippen LogP contribution in [0.25, 0.3) is 0 Å². The van der Waals surface area contributed by atoms with Crippen molar-refractivity contribution in [1.29, 1.82) is 0 Å². The Morgan fingerprint density at radius 2 is 2.19 bits per heavy atom. The summed E-state index contributed by atoms with van der Waals surface area (Å²) in [6.45, 7) is 0.284. The highest BCUT2D eigenvalue weighted by molar-refractivity contribution is 7.99. The van der Waals surface area contributed by atoms with E-state index in [1.54, 1.807) is 6.07 Å². The average molecular weight is 241 g/mol. The molecule has 0 aromatic heterocycles. The minimum Gasteiger partial charge on any atom is -0.474 e. The van der Waals surface area contributed by atoms with Crippen molar-refractivity contribution in [3.63, 3.8) is 0 Å². The number of amides is 1. The second kappa shape index (κ2) is 4.13. The van der Waals surface area contributed by atoms with Crippen LogP contribution in [0.3, 0.4) is 0 Å². The number of rotatable bonds is 0. The van der Waals surface area contributed by atoms with Gasteiger partial charge < -0.3 is 10.0 Å². The van der Waals surface area contributed by atoms with Crippen molar-refractivity contribution in [1.82, 2.24) is 0 Å². The largest absolute Gasteiger partial charge is 0.474 e. The zero-order valence-corrected chi connectivity index (χ0v) is 8.96. The predicted octanol–water partition coefficient (Wildman–Crippen LogP) is 1.35. The first kappa shape index (κ1) is 10.9. The number of hydrogen-bond donors (Lipinski definition) is 1. The third-order valence-corrected chi connectivity index (χ3v) is 3.26. The molecule has 1 aliphatic heterocycles. The number of benzene rings is 1. The number of fused-ring (bicyclic) bond motifs is 1. The standard InChI is InChI=1S/C10H8FNO3S/c11-6-1-2-8-7(5-6)12(3-4-16-8)9(13)10(14)15/h1-2,5H,3-4H2,(H,14,15). The Morgan fingerprint density at radius 3 is 2.88 bits per heavy atom. The molecule has 1 amide bonds. The molecule has 0 radical (unpaired) electrons. The summed E-state index contributed by atoms with van der Waals surface area (Å²) in [5.74, 6) is -2.42. The molecular weight excluding hydrogens is 233 g/mol. The first-order chi connectivity index (χ1) is 7.59. The van der Waals surface area contributed by atoms with E-state index in [1.807, 2.05) is 0 Å². The molecule has 0 saturated heterocycles. The van der Waals surface area contributed by atoms with Crippen LogP contribution in [0.5, 0.6) is 0 Å². The van der Waals surface area contributed by atoms with Crippen molar-refractivity contribution >= 4 is 29.3 Å². The van der Waals surface area contributed by atoms with Gasteiger partial charge in [-0.2, -0.15) is 0 Å². The lowest BCUT2D eigenvalue weighted by molar-refractivity contribution is -0.148. The molecule has 84 valence electrons. The Hall–Kier alpha value is -1.56. The molecule has 1 aromatic rings. The number of carboxylic acids is 1. The lowest BCUT2D eigenvalue weighted by Crippen LogP contribution is -2.40. The quantitative estimate of drug-likeness (QED) is 0.696. The first-order valence-corrected chi connectivity index (χ1v) is 5.55. The Labute approximate surface area is 95.1 Å². The number of anilines is 1. The molecule has 1 heterocycles. The Balaban J connectivity index is 2.43. The second-order valence-corrected chi connectivity index (χ2v) is 4.36. The summed E-state index contributed by atoms with van der Waals surface area (Å²) in [4.78, 5) is 23.8. The van der Waals surface area contributed by atoms with E-state index in [1.165, 1.54) is 23.9 Å². The van der Waals surface area contributed by atoms with Crippen molar-refractivity contribution in [2.75, 3.05) is 17.2 Å². The lowest BCUT2D eigenvalue weighted by Gasteiger charge is -2.27. The van der Waals surface area contributed by atoms with Gasteiger partial charge in [-0.3, -0.25) is 4.79 Å². The van der Waals surface area contributed by atoms with Gasteiger partial charge in [-0.25, -0.2) is 9.18 Å². The van der Waals surface area contributed by atoms with Crippen molar-refractivity contribution in [2.24, 2.45) is 0 Å². The van der Waals surface area contributed by atoms with Gasteiger partial charge in [0.2, 0.25) is 0 Å². The maximum atomic E-state index is 13.0. The average Bonchev–Trinajstić information content (AvgIpc) is 2.27. The van der Waals surface area contributed by atoms with Crippen LogP contribution < -0.4 is 4.90 Å². The zero-order chi connectivity index (χ0) is 11.7. The number of halogens is 1. The van der Waals surface area contributed by atoms with Crippen LogP contribution in [0.4, 0.5) is 10.1 Å². The number of carbonyl (C=O) groups is 2. The number of nitrogens with zero attached hydrogens (tertiary/aromatic N) is 1. The normalized spacial score (nSPS) is 14.4. The van der Waals surface area contributed by atoms with E-state index in [2.05, 4.69) is 0 Å². The van der Waals surface area contributed by atoms with Crippen molar-refractivity contribution in [3.05, 3.63) is 24.0 Å². The van der Waals surface area contributed by atoms with Gasteiger partial charge >= 0.3 is 11.9 Å². The van der Waals surface area contributed by atoms with Crippen LogP contribution in [-0.4, -0.2) is 29.3 Å². The minimum atomic E-state index is -1.53. The zero-order valence-electron chi connectivity index (χ0n) is 8.14. The highest BCUT2D eigenvalue weighted by Gasteiger charge is 2.27. The SMILES string of the molecule is O=C(O)C(=O)N1CCSc2ccc(F)cc21. The molecule has 16 heavy (non-hydrogen) atoms. The van der Waals surface area contributed by atoms with Gasteiger partial charge in [0, 0.05) is 17.2 Å². The maximum Gasteiger partial charge on any atom is 0.394 e. The molecule has 0 saturated carbocycles. The van der Waals surface area contributed by atoms with Gasteiger partial charge in [-0.1, -0.05) is 0 Å². The molecule has 2 rings (SSSR count). The van der Waals surface area contributed by atoms with E-state index in [0.717, 1.165) is 9.80 Å². The minimum absolute atomic E-state index is 0.284. The molecule has 6 heteroatoms. The Bertz CT molecular complexity index is 463. The molecule has 0 bridgehead atoms. The van der Waals surface area contributed by atoms with Crippen LogP contribution in [0.1, 0.15) is 0 Å². The predicted molar refractivity (Wildman–Crippen MR) is 57.1 cm³/mol. The molecule has 0 aliphatic carbocycles. The van der Waals surface area contributed by atoms with Crippen molar-refractivity contribution in [3.8, 4) is 0 Å². The number of carbonyl (C=O) groups excluding carboxylic acids is 1. The number of aliphatic carboxylic acids is 1. The van der Waals surface area contributed by atoms with Crippen LogP contribution in [0.2, 0.25) is 0 Å². The summed E-state index contributed by atoms with van der Waals surface area (Å²) in [7, 11) is 0. The number of hydrogen-bond acceptors (Lipinski definition) is 3. The van der Waals surface area contributed by atoms with Crippen molar-refractivity contribution < 1.29 is 19.1 Å². The molecule has 0 spiro atoms. The van der Waals surface area contributed by atoms with Crippen LogP contribution in [0, 0.1) is 5.82 Å². The molecule has 0 fully saturated rings. The second-order valence-electron chi connectivity index (χ2n) is 3.22. The van der Waals surface area contributed by atoms with Gasteiger partial charge in [-0.05, 0) is 18.2 Å². The van der Waals surface area contributed by atoms with E-state index in [4.69, 9.17) is 5.11 Å². The van der Waals surface area contributed by atoms with E-state index in [0.29, 0.717) is 11.4 Å². The van der Waals surface area contributed by atoms with Gasteiger partial charge in [-0.15, -0.1) is 11.8 Å². The maximum absolute atomic E-state index is 13.0. The smallest absolute Gasteiger partial charge is 0.394 e. The summed E-state index contributed by atoms with van der Waals surface area (Å²) in [6.07, 6.45) is 0. The van der Waals surface area contributed by atoms with Crippen LogP contribution >= 0.6 is 11.8 Å². The van der Waals surface area contributed by atoms with Gasteiger partial charge in [0.25, 0.3) is 0 Å². The summed E-state index contributed by atoms with van der Waals surface area (Å²) >= 11 is 1.48. The van der Waals surface area contributed by atoms with Gasteiger partial charge in [0.15, 0.2) is 0 Å². The topological polar surface area (TPSA) is 57.6 Å². The molecule has 1 N–H and O–H groups in total. The lowest BCUT2D eigenvalue weighted by atomic mass is 10.2. The summed E-state index contributed by atoms with van der Waals surface area (Å²) < 4.78 is 13.0. The molecule has 1 aromatic carbocycles. The fourth-order valence-electron chi connectivity index (χ4n) is 1.52. The van der Waals surface area contributed by atoms with Crippen LogP contribution in [0.15, 0.2) is 23.1 Å². The molecule has 4 nitrogen and oxygen atoms in total. The Kier molecular flexibility index (Phi) is 2.82. The van der Waals surface area contributed by atoms with Crippen LogP contribution in [-0.2, 0) is 9.59 Å². The van der Waals surface area contributed by atoms with Gasteiger partial charge in [0.05, 0.1) is 5.69 Å². The summed E-state index contributed by atoms with van der Waals surface area (Å²) in [6, 6.07) is 4.03.